The normalized spacial score (nSPS) is 27.6. The summed E-state index contributed by atoms with van der Waals surface area (Å²) < 4.78 is 22.6. The molecule has 2 aromatic heterocycles. The molecule has 4 atom stereocenters. The molecule has 0 amide bonds. The van der Waals surface area contributed by atoms with E-state index in [-0.39, 0.29) is 17.4 Å². The summed E-state index contributed by atoms with van der Waals surface area (Å²) in [5, 5.41) is 32.2. The molecule has 1 saturated carbocycles. The predicted octanol–water partition coefficient (Wildman–Crippen LogP) is 0.0726. The van der Waals surface area contributed by atoms with Gasteiger partial charge in [-0.25, -0.2) is 4.98 Å². The fourth-order valence-corrected chi connectivity index (χ4v) is 3.66. The number of fused-ring (bicyclic) bond motifs is 1. The smallest absolute Gasteiger partial charge is 0.350 e. The number of aliphatic hydroxyl groups is 2. The highest BCUT2D eigenvalue weighted by Gasteiger charge is 2.45. The van der Waals surface area contributed by atoms with Gasteiger partial charge in [0.05, 0.1) is 12.3 Å². The van der Waals surface area contributed by atoms with Gasteiger partial charge in [-0.15, -0.1) is 5.10 Å². The molecule has 0 radical (unpaired) electrons. The molecule has 0 bridgehead atoms. The molecule has 2 fully saturated rings. The molecular formula is C15H21ClN5O7P. The molecule has 1 aliphatic heterocycles. The van der Waals surface area contributed by atoms with Crippen molar-refractivity contribution in [2.24, 2.45) is 5.92 Å². The summed E-state index contributed by atoms with van der Waals surface area (Å²) in [6.45, 7) is 0.456. The highest BCUT2D eigenvalue weighted by atomic mass is 35.5. The minimum absolute atomic E-state index is 0.203. The number of aromatic nitrogens is 4. The van der Waals surface area contributed by atoms with Crippen molar-refractivity contribution in [1.29, 1.82) is 0 Å². The van der Waals surface area contributed by atoms with Crippen molar-refractivity contribution in [2.45, 2.75) is 37.4 Å². The maximum Gasteiger partial charge on any atom is 0.350 e. The minimum atomic E-state index is -4.36. The molecular weight excluding hydrogens is 429 g/mol. The van der Waals surface area contributed by atoms with Crippen molar-refractivity contribution in [3.63, 3.8) is 0 Å². The second-order valence-corrected chi connectivity index (χ2v) is 9.21. The Labute approximate surface area is 169 Å². The molecule has 12 nitrogen and oxygen atoms in total. The van der Waals surface area contributed by atoms with E-state index >= 15 is 0 Å². The number of anilines is 1. The lowest BCUT2D eigenvalue weighted by Crippen LogP contribution is -2.34. The first-order chi connectivity index (χ1) is 13.7. The van der Waals surface area contributed by atoms with Gasteiger partial charge in [0.25, 0.3) is 0 Å². The lowest BCUT2D eigenvalue weighted by Gasteiger charge is -2.15. The first-order valence-electron chi connectivity index (χ1n) is 9.02. The largest absolute Gasteiger partial charge is 0.387 e. The number of nitrogens with one attached hydrogen (secondary N) is 1. The molecule has 1 saturated heterocycles. The first kappa shape index (κ1) is 20.9. The molecule has 0 spiro atoms. The molecule has 2 aromatic rings. The summed E-state index contributed by atoms with van der Waals surface area (Å²) >= 11 is 6.13. The Hall–Kier alpha value is -1.37. The minimum Gasteiger partial charge on any atom is -0.387 e. The van der Waals surface area contributed by atoms with E-state index in [1.807, 2.05) is 0 Å². The van der Waals surface area contributed by atoms with Gasteiger partial charge in [0, 0.05) is 12.6 Å². The van der Waals surface area contributed by atoms with Gasteiger partial charge < -0.3 is 34.8 Å². The molecule has 29 heavy (non-hydrogen) atoms. The van der Waals surface area contributed by atoms with E-state index in [0.29, 0.717) is 17.1 Å². The average molecular weight is 450 g/mol. The van der Waals surface area contributed by atoms with Crippen molar-refractivity contribution in [2.75, 3.05) is 24.8 Å². The van der Waals surface area contributed by atoms with Crippen LogP contribution in [0.2, 0.25) is 5.15 Å². The van der Waals surface area contributed by atoms with Gasteiger partial charge in [-0.1, -0.05) is 16.8 Å². The summed E-state index contributed by atoms with van der Waals surface area (Å²) in [7, 11) is -4.36. The zero-order valence-electron chi connectivity index (χ0n) is 15.1. The monoisotopic (exact) mass is 449 g/mol. The Bertz CT molecular complexity index is 935. The van der Waals surface area contributed by atoms with Crippen LogP contribution >= 0.6 is 19.2 Å². The maximum atomic E-state index is 10.9. The van der Waals surface area contributed by atoms with E-state index in [1.54, 1.807) is 6.07 Å². The van der Waals surface area contributed by atoms with Gasteiger partial charge in [0.2, 0.25) is 0 Å². The quantitative estimate of drug-likeness (QED) is 0.272. The number of pyridine rings is 1. The van der Waals surface area contributed by atoms with Crippen LogP contribution < -0.4 is 5.32 Å². The highest BCUT2D eigenvalue weighted by Crippen LogP contribution is 2.36. The van der Waals surface area contributed by atoms with Crippen molar-refractivity contribution >= 4 is 36.0 Å². The Morgan fingerprint density at radius 3 is 2.79 bits per heavy atom. The van der Waals surface area contributed by atoms with Crippen LogP contribution in [0.1, 0.15) is 19.1 Å². The fraction of sp³-hybridized carbons (Fsp3) is 0.667. The number of aliphatic hydroxyl groups excluding tert-OH is 2. The van der Waals surface area contributed by atoms with Crippen molar-refractivity contribution in [3.05, 3.63) is 11.2 Å². The maximum absolute atomic E-state index is 10.9. The molecule has 0 unspecified atom stereocenters. The lowest BCUT2D eigenvalue weighted by molar-refractivity contribution is -0.0665. The molecule has 2 aliphatic rings. The molecule has 1 aliphatic carbocycles. The second kappa shape index (κ2) is 8.05. The number of hydrogen-bond donors (Lipinski definition) is 5. The van der Waals surface area contributed by atoms with E-state index in [9.17, 15) is 14.8 Å². The summed E-state index contributed by atoms with van der Waals surface area (Å²) in [6, 6.07) is 1.64. The Morgan fingerprint density at radius 2 is 2.10 bits per heavy atom. The Kier molecular flexibility index (Phi) is 5.79. The molecule has 14 heteroatoms. The van der Waals surface area contributed by atoms with Crippen LogP contribution in [0.15, 0.2) is 6.07 Å². The lowest BCUT2D eigenvalue weighted by atomic mass is 10.1. The predicted molar refractivity (Wildman–Crippen MR) is 100 cm³/mol. The molecule has 4 rings (SSSR count). The number of halogens is 1. The Balaban J connectivity index is 1.53. The van der Waals surface area contributed by atoms with Crippen LogP contribution in [0.4, 0.5) is 5.69 Å². The zero-order valence-corrected chi connectivity index (χ0v) is 16.8. The molecule has 5 N–H and O–H groups in total. The summed E-state index contributed by atoms with van der Waals surface area (Å²) in [4.78, 5) is 21.9. The first-order valence-corrected chi connectivity index (χ1v) is 11.2. The molecule has 160 valence electrons. The number of hydrogen-bond acceptors (Lipinski definition) is 9. The van der Waals surface area contributed by atoms with Crippen LogP contribution in [0.3, 0.4) is 0 Å². The van der Waals surface area contributed by atoms with Gasteiger partial charge in [-0.2, -0.15) is 4.68 Å². The summed E-state index contributed by atoms with van der Waals surface area (Å²) in [6.07, 6.45) is -3.36. The van der Waals surface area contributed by atoms with Gasteiger partial charge >= 0.3 is 7.60 Å². The van der Waals surface area contributed by atoms with Crippen LogP contribution in [0.25, 0.3) is 11.2 Å². The van der Waals surface area contributed by atoms with Gasteiger partial charge in [-0.3, -0.25) is 4.57 Å². The van der Waals surface area contributed by atoms with E-state index in [0.717, 1.165) is 6.54 Å². The zero-order chi connectivity index (χ0) is 20.8. The van der Waals surface area contributed by atoms with Crippen molar-refractivity contribution < 1.29 is 34.0 Å². The van der Waals surface area contributed by atoms with Crippen LogP contribution in [-0.2, 0) is 14.0 Å². The van der Waals surface area contributed by atoms with Crippen molar-refractivity contribution in [3.8, 4) is 0 Å². The molecule has 0 aromatic carbocycles. The van der Waals surface area contributed by atoms with E-state index < -0.39 is 38.5 Å². The van der Waals surface area contributed by atoms with E-state index in [4.69, 9.17) is 30.9 Å². The van der Waals surface area contributed by atoms with Crippen molar-refractivity contribution in [1.82, 2.24) is 20.0 Å². The SMILES string of the molecule is O=P(O)(O)COC[C@H]1O[C@@H](n2nnc3c(NCC4CC4)cc(Cl)nc32)[C@H](O)[C@@H]1O. The third-order valence-electron chi connectivity index (χ3n) is 4.80. The number of nitrogens with zero attached hydrogens (tertiary/aromatic N) is 4. The van der Waals surface area contributed by atoms with E-state index in [1.165, 1.54) is 17.5 Å². The van der Waals surface area contributed by atoms with Gasteiger partial charge in [-0.05, 0) is 18.8 Å². The number of ether oxygens (including phenoxy) is 2. The van der Waals surface area contributed by atoms with Crippen LogP contribution in [0, 0.1) is 5.92 Å². The number of rotatable bonds is 8. The molecule has 3 heterocycles. The van der Waals surface area contributed by atoms with Gasteiger partial charge in [0.15, 0.2) is 17.4 Å². The highest BCUT2D eigenvalue weighted by molar-refractivity contribution is 7.51. The van der Waals surface area contributed by atoms with Crippen LogP contribution in [-0.4, -0.2) is 77.8 Å². The van der Waals surface area contributed by atoms with E-state index in [2.05, 4.69) is 20.6 Å². The topological polar surface area (TPSA) is 172 Å². The fourth-order valence-electron chi connectivity index (χ4n) is 3.13. The summed E-state index contributed by atoms with van der Waals surface area (Å²) in [5.41, 5.74) is 1.37. The van der Waals surface area contributed by atoms with Gasteiger partial charge in [0.1, 0.15) is 29.8 Å². The summed E-state index contributed by atoms with van der Waals surface area (Å²) in [5.74, 6) is 0.621. The third-order valence-corrected chi connectivity index (χ3v) is 5.51. The Morgan fingerprint density at radius 1 is 1.34 bits per heavy atom. The average Bonchev–Trinajstić information content (AvgIpc) is 3.32. The standard InChI is InChI=1S/C15H21ClN5O7P/c16-10-3-8(17-4-7-1-2-7)11-14(18-10)21(20-19-11)15-13(23)12(22)9(28-15)5-27-6-29(24,25)26/h3,7,9,12-13,15,22-23H,1-2,4-6H2,(H,17,18)(H2,24,25,26)/t9-,12-,13-,15-/m1/s1. The van der Waals surface area contributed by atoms with Crippen LogP contribution in [0.5, 0.6) is 0 Å². The second-order valence-electron chi connectivity index (χ2n) is 7.23. The third kappa shape index (κ3) is 4.70.